The van der Waals surface area contributed by atoms with Crippen molar-refractivity contribution in [1.29, 1.82) is 0 Å². The number of piperazine rings is 1. The molecule has 1 aliphatic heterocycles. The molecule has 1 aromatic carbocycles. The van der Waals surface area contributed by atoms with Crippen molar-refractivity contribution in [2.45, 2.75) is 0 Å². The van der Waals surface area contributed by atoms with Crippen molar-refractivity contribution in [3.05, 3.63) is 35.7 Å². The van der Waals surface area contributed by atoms with Crippen molar-refractivity contribution in [3.63, 3.8) is 0 Å². The summed E-state index contributed by atoms with van der Waals surface area (Å²) in [5.41, 5.74) is 6.05. The summed E-state index contributed by atoms with van der Waals surface area (Å²) < 4.78 is 34.1. The molecule has 1 amide bonds. The Morgan fingerprint density at radius 1 is 1.34 bits per heavy atom. The van der Waals surface area contributed by atoms with Gasteiger partial charge in [-0.3, -0.25) is 9.80 Å². The number of carbonyl (C=O) groups is 1. The Kier molecular flexibility index (Phi) is 8.41. The number of alkyl halides is 1. The average molecular weight is 493 g/mol. The molecule has 0 atom stereocenters. The molecule has 12 heteroatoms. The standard InChI is InChI=1S/C17H23BrF2N6O2S/c1-28-17(29)23-9-11(21)10-26(22)12-6-13(19)16(14(20)7-12)25-4-2-24(3-5-25)15(27)8-18/h6-7,10H,2-5,8-9,21-22H2,1H3,(H,23,29)/b11-10-. The number of rotatable bonds is 6. The number of nitrogens with two attached hydrogens (primary N) is 2. The summed E-state index contributed by atoms with van der Waals surface area (Å²) in [7, 11) is 1.41. The molecule has 0 saturated carbocycles. The van der Waals surface area contributed by atoms with Crippen molar-refractivity contribution >= 4 is 50.6 Å². The number of thiocarbonyl (C=S) groups is 1. The van der Waals surface area contributed by atoms with Gasteiger partial charge in [-0.15, -0.1) is 0 Å². The second-order valence-corrected chi connectivity index (χ2v) is 7.15. The van der Waals surface area contributed by atoms with Crippen LogP contribution in [-0.4, -0.2) is 61.1 Å². The minimum absolute atomic E-state index is 0.0511. The van der Waals surface area contributed by atoms with Crippen molar-refractivity contribution in [2.24, 2.45) is 11.6 Å². The maximum Gasteiger partial charge on any atom is 0.256 e. The van der Waals surface area contributed by atoms with Crippen LogP contribution in [0.5, 0.6) is 0 Å². The van der Waals surface area contributed by atoms with Gasteiger partial charge in [0.1, 0.15) is 5.69 Å². The first kappa shape index (κ1) is 23.1. The molecule has 0 unspecified atom stereocenters. The van der Waals surface area contributed by atoms with Crippen molar-refractivity contribution < 1.29 is 18.3 Å². The van der Waals surface area contributed by atoms with Crippen LogP contribution < -0.4 is 26.8 Å². The summed E-state index contributed by atoms with van der Waals surface area (Å²) in [5.74, 6) is 4.31. The number of ether oxygens (including phenoxy) is 1. The number of benzene rings is 1. The largest absolute Gasteiger partial charge is 0.474 e. The van der Waals surface area contributed by atoms with Crippen LogP contribution in [0.25, 0.3) is 0 Å². The van der Waals surface area contributed by atoms with Crippen LogP contribution in [-0.2, 0) is 9.53 Å². The SMILES string of the molecule is COC(=S)NC/C(N)=C/N(N)c1cc(F)c(N2CCN(C(=O)CBr)CC2)c(F)c1. The van der Waals surface area contributed by atoms with E-state index >= 15 is 0 Å². The Hall–Kier alpha value is -2.18. The molecule has 1 saturated heterocycles. The summed E-state index contributed by atoms with van der Waals surface area (Å²) in [4.78, 5) is 14.9. The van der Waals surface area contributed by atoms with Gasteiger partial charge in [-0.2, -0.15) is 0 Å². The van der Waals surface area contributed by atoms with Gasteiger partial charge in [-0.25, -0.2) is 14.6 Å². The molecular weight excluding hydrogens is 470 g/mol. The minimum atomic E-state index is -0.749. The van der Waals surface area contributed by atoms with E-state index in [2.05, 4.69) is 21.2 Å². The van der Waals surface area contributed by atoms with Gasteiger partial charge in [-0.1, -0.05) is 15.9 Å². The lowest BCUT2D eigenvalue weighted by Crippen LogP contribution is -2.49. The lowest BCUT2D eigenvalue weighted by molar-refractivity contribution is -0.128. The summed E-state index contributed by atoms with van der Waals surface area (Å²) in [5, 5.41) is 4.13. The van der Waals surface area contributed by atoms with Gasteiger partial charge in [0, 0.05) is 50.2 Å². The molecule has 0 aliphatic carbocycles. The summed E-state index contributed by atoms with van der Waals surface area (Å²) in [6.07, 6.45) is 1.32. The number of amides is 1. The molecule has 0 aromatic heterocycles. The van der Waals surface area contributed by atoms with E-state index in [1.807, 2.05) is 0 Å². The van der Waals surface area contributed by atoms with Gasteiger partial charge in [-0.05, 0) is 12.2 Å². The molecular formula is C17H23BrF2N6O2S. The molecule has 0 bridgehead atoms. The zero-order valence-corrected chi connectivity index (χ0v) is 18.2. The van der Waals surface area contributed by atoms with Crippen LogP contribution in [0, 0.1) is 11.6 Å². The van der Waals surface area contributed by atoms with E-state index in [1.165, 1.54) is 13.3 Å². The highest BCUT2D eigenvalue weighted by atomic mass is 79.9. The third kappa shape index (κ3) is 6.15. The van der Waals surface area contributed by atoms with E-state index < -0.39 is 11.6 Å². The first-order valence-electron chi connectivity index (χ1n) is 8.66. The second-order valence-electron chi connectivity index (χ2n) is 6.22. The highest BCUT2D eigenvalue weighted by molar-refractivity contribution is 9.09. The molecule has 5 N–H and O–H groups in total. The molecule has 8 nitrogen and oxygen atoms in total. The number of nitrogens with zero attached hydrogens (tertiary/aromatic N) is 3. The topological polar surface area (TPSA) is 100 Å². The van der Waals surface area contributed by atoms with Gasteiger partial charge in [0.25, 0.3) is 5.17 Å². The van der Waals surface area contributed by atoms with E-state index in [1.54, 1.807) is 9.80 Å². The molecule has 29 heavy (non-hydrogen) atoms. The molecule has 0 spiro atoms. The number of halogens is 3. The Bertz CT molecular complexity index is 766. The number of hydrogen-bond acceptors (Lipinski definition) is 7. The van der Waals surface area contributed by atoms with Gasteiger partial charge in [0.05, 0.1) is 24.7 Å². The van der Waals surface area contributed by atoms with E-state index in [0.29, 0.717) is 26.2 Å². The molecule has 1 aromatic rings. The molecule has 0 radical (unpaired) electrons. The number of anilines is 2. The Labute approximate surface area is 181 Å². The lowest BCUT2D eigenvalue weighted by atomic mass is 10.2. The summed E-state index contributed by atoms with van der Waals surface area (Å²) in [6.45, 7) is 1.60. The number of methoxy groups -OCH3 is 1. The first-order valence-corrected chi connectivity index (χ1v) is 10.2. The van der Waals surface area contributed by atoms with Crippen LogP contribution in [0.4, 0.5) is 20.2 Å². The van der Waals surface area contributed by atoms with Gasteiger partial charge < -0.3 is 25.6 Å². The monoisotopic (exact) mass is 492 g/mol. The zero-order chi connectivity index (χ0) is 21.6. The van der Waals surface area contributed by atoms with E-state index in [-0.39, 0.29) is 40.0 Å². The predicted molar refractivity (Wildman–Crippen MR) is 115 cm³/mol. The van der Waals surface area contributed by atoms with E-state index in [4.69, 9.17) is 28.5 Å². The fourth-order valence-electron chi connectivity index (χ4n) is 2.81. The third-order valence-electron chi connectivity index (χ3n) is 4.29. The van der Waals surface area contributed by atoms with Crippen LogP contribution in [0.2, 0.25) is 0 Å². The number of nitrogens with one attached hydrogen (secondary N) is 1. The van der Waals surface area contributed by atoms with Gasteiger partial charge in [0.15, 0.2) is 11.6 Å². The second kappa shape index (κ2) is 10.6. The summed E-state index contributed by atoms with van der Waals surface area (Å²) >= 11 is 7.95. The van der Waals surface area contributed by atoms with Crippen LogP contribution >= 0.6 is 28.1 Å². The van der Waals surface area contributed by atoms with Crippen molar-refractivity contribution in [2.75, 3.05) is 55.1 Å². The summed E-state index contributed by atoms with van der Waals surface area (Å²) in [6, 6.07) is 2.26. The molecule has 1 heterocycles. The lowest BCUT2D eigenvalue weighted by Gasteiger charge is -2.36. The van der Waals surface area contributed by atoms with Crippen molar-refractivity contribution in [1.82, 2.24) is 10.2 Å². The Balaban J connectivity index is 2.09. The molecule has 1 fully saturated rings. The Morgan fingerprint density at radius 2 is 1.93 bits per heavy atom. The fourth-order valence-corrected chi connectivity index (χ4v) is 3.24. The number of carbonyl (C=O) groups excluding carboxylic acids is 1. The highest BCUT2D eigenvalue weighted by Gasteiger charge is 2.25. The van der Waals surface area contributed by atoms with Crippen molar-refractivity contribution in [3.8, 4) is 0 Å². The maximum absolute atomic E-state index is 14.7. The number of hydrazine groups is 1. The predicted octanol–water partition coefficient (Wildman–Crippen LogP) is 1.01. The number of hydrogen-bond donors (Lipinski definition) is 3. The normalized spacial score (nSPS) is 14.6. The van der Waals surface area contributed by atoms with Gasteiger partial charge >= 0.3 is 0 Å². The Morgan fingerprint density at radius 3 is 2.45 bits per heavy atom. The smallest absolute Gasteiger partial charge is 0.256 e. The molecule has 1 aliphatic rings. The zero-order valence-electron chi connectivity index (χ0n) is 15.8. The first-order chi connectivity index (χ1) is 13.8. The van der Waals surface area contributed by atoms with Crippen LogP contribution in [0.1, 0.15) is 0 Å². The average Bonchev–Trinajstić information content (AvgIpc) is 2.71. The quantitative estimate of drug-likeness (QED) is 0.234. The minimum Gasteiger partial charge on any atom is -0.474 e. The van der Waals surface area contributed by atoms with E-state index in [9.17, 15) is 13.6 Å². The highest BCUT2D eigenvalue weighted by Crippen LogP contribution is 2.29. The fraction of sp³-hybridized carbons (Fsp3) is 0.412. The maximum atomic E-state index is 14.7. The third-order valence-corrected chi connectivity index (χ3v) is 5.08. The van der Waals surface area contributed by atoms with Gasteiger partial charge in [0.2, 0.25) is 5.91 Å². The van der Waals surface area contributed by atoms with E-state index in [0.717, 1.165) is 17.1 Å². The molecule has 2 rings (SSSR count). The van der Waals surface area contributed by atoms with Crippen LogP contribution in [0.3, 0.4) is 0 Å². The molecule has 160 valence electrons. The van der Waals surface area contributed by atoms with Crippen LogP contribution in [0.15, 0.2) is 24.0 Å².